The van der Waals surface area contributed by atoms with Gasteiger partial charge in [-0.1, -0.05) is 42.3 Å². The van der Waals surface area contributed by atoms with Crippen LogP contribution in [0.5, 0.6) is 5.75 Å². The Kier molecular flexibility index (Phi) is 10.0. The van der Waals surface area contributed by atoms with Gasteiger partial charge in [0, 0.05) is 17.1 Å². The summed E-state index contributed by atoms with van der Waals surface area (Å²) in [6.07, 6.45) is 1.29. The highest BCUT2D eigenvalue weighted by molar-refractivity contribution is 7.92. The van der Waals surface area contributed by atoms with Crippen LogP contribution in [0, 0.1) is 0 Å². The summed E-state index contributed by atoms with van der Waals surface area (Å²) in [5, 5.41) is 3.30. The minimum Gasteiger partial charge on any atom is -0.497 e. The maximum absolute atomic E-state index is 13.7. The zero-order valence-electron chi connectivity index (χ0n) is 21.3. The van der Waals surface area contributed by atoms with Crippen LogP contribution < -0.4 is 14.4 Å². The highest BCUT2D eigenvalue weighted by atomic mass is 35.5. The Bertz CT molecular complexity index is 1200. The van der Waals surface area contributed by atoms with Gasteiger partial charge in [0.1, 0.15) is 18.3 Å². The second-order valence-electron chi connectivity index (χ2n) is 9.40. The van der Waals surface area contributed by atoms with Gasteiger partial charge in [0.15, 0.2) is 0 Å². The van der Waals surface area contributed by atoms with Gasteiger partial charge in [-0.05, 0) is 63.1 Å². The molecule has 0 aliphatic heterocycles. The van der Waals surface area contributed by atoms with Crippen LogP contribution in [0.15, 0.2) is 42.5 Å². The molecule has 2 rings (SSSR count). The highest BCUT2D eigenvalue weighted by Gasteiger charge is 2.33. The summed E-state index contributed by atoms with van der Waals surface area (Å²) >= 11 is 12.4. The Morgan fingerprint density at radius 2 is 1.78 bits per heavy atom. The third kappa shape index (κ3) is 8.28. The first-order valence-corrected chi connectivity index (χ1v) is 13.9. The van der Waals surface area contributed by atoms with Crippen LogP contribution in [-0.2, 0) is 26.2 Å². The lowest BCUT2D eigenvalue weighted by atomic mass is 10.1. The molecule has 0 saturated carbocycles. The zero-order valence-corrected chi connectivity index (χ0v) is 23.7. The van der Waals surface area contributed by atoms with E-state index in [-0.39, 0.29) is 28.2 Å². The van der Waals surface area contributed by atoms with E-state index in [1.807, 2.05) is 20.8 Å². The molecule has 2 amide bonds. The van der Waals surface area contributed by atoms with E-state index in [0.717, 1.165) is 16.1 Å². The molecule has 0 unspecified atom stereocenters. The lowest BCUT2D eigenvalue weighted by Crippen LogP contribution is -2.55. The maximum Gasteiger partial charge on any atom is 0.244 e. The van der Waals surface area contributed by atoms with Crippen molar-refractivity contribution >= 4 is 50.7 Å². The van der Waals surface area contributed by atoms with E-state index < -0.39 is 34.1 Å². The largest absolute Gasteiger partial charge is 0.497 e. The molecule has 0 radical (unpaired) electrons. The first-order chi connectivity index (χ1) is 16.7. The predicted molar refractivity (Wildman–Crippen MR) is 144 cm³/mol. The van der Waals surface area contributed by atoms with Crippen molar-refractivity contribution in [2.45, 2.75) is 52.2 Å². The fraction of sp³-hybridized carbons (Fsp3) is 0.440. The van der Waals surface area contributed by atoms with E-state index in [1.165, 1.54) is 30.2 Å². The Balaban J connectivity index is 2.52. The molecule has 1 atom stereocenters. The number of ether oxygens (including phenoxy) is 1. The first-order valence-electron chi connectivity index (χ1n) is 11.3. The zero-order chi connectivity index (χ0) is 27.3. The number of nitrogens with zero attached hydrogens (tertiary/aromatic N) is 2. The van der Waals surface area contributed by atoms with Crippen molar-refractivity contribution in [3.63, 3.8) is 0 Å². The molecule has 0 heterocycles. The van der Waals surface area contributed by atoms with Crippen molar-refractivity contribution in [3.8, 4) is 5.75 Å². The third-order valence-electron chi connectivity index (χ3n) is 5.23. The quantitative estimate of drug-likeness (QED) is 0.464. The van der Waals surface area contributed by atoms with Gasteiger partial charge in [-0.2, -0.15) is 0 Å². The van der Waals surface area contributed by atoms with Crippen molar-refractivity contribution in [1.82, 2.24) is 10.2 Å². The Hall–Kier alpha value is -2.49. The normalized spacial score (nSPS) is 12.6. The molecule has 198 valence electrons. The maximum atomic E-state index is 13.7. The van der Waals surface area contributed by atoms with Crippen LogP contribution >= 0.6 is 23.2 Å². The van der Waals surface area contributed by atoms with Crippen molar-refractivity contribution in [3.05, 3.63) is 58.1 Å². The summed E-state index contributed by atoms with van der Waals surface area (Å²) in [5.41, 5.74) is 0.271. The number of nitrogens with one attached hydrogen (secondary N) is 1. The standard InChI is InChI=1S/C25H33Cl2N3O5S/c1-7-21(24(32)28-25(2,3)4)29(15-17-9-8-10-19(13-17)35-5)23(31)16-30(36(6,33)34)22-14-18(26)11-12-20(22)27/h8-14,21H,7,15-16H2,1-6H3,(H,28,32)/t21-/m1/s1. The SMILES string of the molecule is CC[C@H](C(=O)NC(C)(C)C)N(Cc1cccc(OC)c1)C(=O)CN(c1cc(Cl)ccc1Cl)S(C)(=O)=O. The number of sulfonamides is 1. The molecule has 0 aromatic heterocycles. The summed E-state index contributed by atoms with van der Waals surface area (Å²) in [5.74, 6) is -0.321. The fourth-order valence-corrected chi connectivity index (χ4v) is 4.90. The van der Waals surface area contributed by atoms with Crippen molar-refractivity contribution < 1.29 is 22.7 Å². The molecule has 0 fully saturated rings. The molecule has 36 heavy (non-hydrogen) atoms. The van der Waals surface area contributed by atoms with E-state index in [4.69, 9.17) is 27.9 Å². The van der Waals surface area contributed by atoms with Crippen LogP contribution in [0.1, 0.15) is 39.7 Å². The summed E-state index contributed by atoms with van der Waals surface area (Å²) in [6, 6.07) is 10.6. The molecular weight excluding hydrogens is 525 g/mol. The number of halogens is 2. The number of amides is 2. The summed E-state index contributed by atoms with van der Waals surface area (Å²) in [4.78, 5) is 28.3. The number of benzene rings is 2. The Labute approximate surface area is 223 Å². The van der Waals surface area contributed by atoms with Crippen LogP contribution in [0.4, 0.5) is 5.69 Å². The van der Waals surface area contributed by atoms with Gasteiger partial charge in [-0.25, -0.2) is 8.42 Å². The van der Waals surface area contributed by atoms with E-state index in [2.05, 4.69) is 5.32 Å². The lowest BCUT2D eigenvalue weighted by Gasteiger charge is -2.34. The average Bonchev–Trinajstić information content (AvgIpc) is 2.77. The van der Waals surface area contributed by atoms with Gasteiger partial charge in [-0.15, -0.1) is 0 Å². The van der Waals surface area contributed by atoms with E-state index in [9.17, 15) is 18.0 Å². The number of hydrogen-bond acceptors (Lipinski definition) is 5. The fourth-order valence-electron chi connectivity index (χ4n) is 3.61. The second-order valence-corrected chi connectivity index (χ2v) is 12.2. The van der Waals surface area contributed by atoms with Crippen molar-refractivity contribution in [2.75, 3.05) is 24.2 Å². The highest BCUT2D eigenvalue weighted by Crippen LogP contribution is 2.31. The first kappa shape index (κ1) is 29.7. The number of rotatable bonds is 10. The number of hydrogen-bond donors (Lipinski definition) is 1. The molecule has 1 N–H and O–H groups in total. The van der Waals surface area contributed by atoms with Gasteiger partial charge in [-0.3, -0.25) is 13.9 Å². The van der Waals surface area contributed by atoms with Crippen LogP contribution in [-0.4, -0.2) is 56.6 Å². The molecule has 2 aromatic rings. The molecule has 0 saturated heterocycles. The van der Waals surface area contributed by atoms with Crippen molar-refractivity contribution in [2.24, 2.45) is 0 Å². The topological polar surface area (TPSA) is 96.0 Å². The summed E-state index contributed by atoms with van der Waals surface area (Å²) in [7, 11) is -2.39. The van der Waals surface area contributed by atoms with Crippen LogP contribution in [0.3, 0.4) is 0 Å². The summed E-state index contributed by atoms with van der Waals surface area (Å²) < 4.78 is 31.6. The van der Waals surface area contributed by atoms with Gasteiger partial charge in [0.05, 0.1) is 24.1 Å². The molecule has 2 aromatic carbocycles. The summed E-state index contributed by atoms with van der Waals surface area (Å²) in [6.45, 7) is 6.82. The van der Waals surface area contributed by atoms with Gasteiger partial charge >= 0.3 is 0 Å². The third-order valence-corrected chi connectivity index (χ3v) is 6.91. The van der Waals surface area contributed by atoms with Crippen LogP contribution in [0.2, 0.25) is 10.0 Å². The number of carbonyl (C=O) groups excluding carboxylic acids is 2. The van der Waals surface area contributed by atoms with E-state index in [0.29, 0.717) is 12.2 Å². The van der Waals surface area contributed by atoms with Crippen LogP contribution in [0.25, 0.3) is 0 Å². The predicted octanol–water partition coefficient (Wildman–Crippen LogP) is 4.49. The number of methoxy groups -OCH3 is 1. The smallest absolute Gasteiger partial charge is 0.244 e. The molecule has 11 heteroatoms. The monoisotopic (exact) mass is 557 g/mol. The Morgan fingerprint density at radius 1 is 1.11 bits per heavy atom. The molecule has 0 bridgehead atoms. The van der Waals surface area contributed by atoms with Crippen molar-refractivity contribution in [1.29, 1.82) is 0 Å². The number of anilines is 1. The van der Waals surface area contributed by atoms with E-state index >= 15 is 0 Å². The second kappa shape index (κ2) is 12.2. The molecule has 8 nitrogen and oxygen atoms in total. The molecule has 0 aliphatic rings. The van der Waals surface area contributed by atoms with Gasteiger partial charge in [0.25, 0.3) is 0 Å². The van der Waals surface area contributed by atoms with Gasteiger partial charge in [0.2, 0.25) is 21.8 Å². The van der Waals surface area contributed by atoms with E-state index in [1.54, 1.807) is 31.2 Å². The molecule has 0 spiro atoms. The number of carbonyl (C=O) groups is 2. The molecular formula is C25H33Cl2N3O5S. The average molecular weight is 559 g/mol. The minimum absolute atomic E-state index is 0.0625. The minimum atomic E-state index is -3.93. The lowest BCUT2D eigenvalue weighted by molar-refractivity contribution is -0.141. The van der Waals surface area contributed by atoms with Gasteiger partial charge < -0.3 is 15.0 Å². The molecule has 0 aliphatic carbocycles. The Morgan fingerprint density at radius 3 is 2.33 bits per heavy atom.